The summed E-state index contributed by atoms with van der Waals surface area (Å²) in [5, 5.41) is 20.4. The highest BCUT2D eigenvalue weighted by molar-refractivity contribution is 5.66. The first kappa shape index (κ1) is 30.3. The van der Waals surface area contributed by atoms with E-state index in [1.165, 1.54) is 38.2 Å². The molecule has 6 nitrogen and oxygen atoms in total. The Kier molecular flexibility index (Phi) is 9.01. The summed E-state index contributed by atoms with van der Waals surface area (Å²) in [7, 11) is 0. The molecule has 0 radical (unpaired) electrons. The molecule has 0 aliphatic heterocycles. The maximum absolute atomic E-state index is 12.2. The predicted octanol–water partition coefficient (Wildman–Crippen LogP) is 6.88. The molecule has 4 fully saturated rings. The largest absolute Gasteiger partial charge is 0.461 e. The van der Waals surface area contributed by atoms with Crippen molar-refractivity contribution in [2.24, 2.45) is 23.2 Å². The van der Waals surface area contributed by atoms with Crippen LogP contribution < -0.4 is 0 Å². The van der Waals surface area contributed by atoms with Gasteiger partial charge >= 0.3 is 5.97 Å². The maximum atomic E-state index is 12.2. The topological polar surface area (TPSA) is 95.4 Å². The Balaban J connectivity index is 1.27. The van der Waals surface area contributed by atoms with Crippen molar-refractivity contribution < 1.29 is 19.7 Å². The molecule has 0 unspecified atom stereocenters. The van der Waals surface area contributed by atoms with E-state index in [4.69, 9.17) is 9.72 Å². The van der Waals surface area contributed by atoms with E-state index >= 15 is 0 Å². The number of carbonyl (C=O) groups excluding carboxylic acids is 1. The van der Waals surface area contributed by atoms with E-state index in [0.717, 1.165) is 67.6 Å². The first-order chi connectivity index (χ1) is 19.6. The average molecular weight is 565 g/mol. The average Bonchev–Trinajstić information content (AvgIpc) is 3.45. The first-order valence-corrected chi connectivity index (χ1v) is 16.2. The fraction of sp³-hybridized carbons (Fsp3) is 0.714. The van der Waals surface area contributed by atoms with E-state index in [9.17, 15) is 15.0 Å². The zero-order valence-electron chi connectivity index (χ0n) is 25.8. The SMILES string of the molecule is C=C1/C(=C\C=C2/CCC[C@]3(C)[C@@H]([C@H](C)CC[C@H](OC(C)=O)C4(c5nc(CCC)c[nH]5)CC4)CC[C@@H]23)C[C@@H](O)C[C@@H]1O. The second-order valence-corrected chi connectivity index (χ2v) is 14.0. The molecule has 4 aliphatic rings. The molecule has 4 aliphatic carbocycles. The number of esters is 1. The molecule has 0 aromatic carbocycles. The van der Waals surface area contributed by atoms with E-state index in [1.807, 2.05) is 6.20 Å². The number of imidazole rings is 1. The molecule has 5 rings (SSSR count). The highest BCUT2D eigenvalue weighted by atomic mass is 16.5. The van der Waals surface area contributed by atoms with Gasteiger partial charge in [0.2, 0.25) is 0 Å². The Bertz CT molecular complexity index is 1180. The normalized spacial score (nSPS) is 34.4. The Morgan fingerprint density at radius 2 is 2.02 bits per heavy atom. The minimum Gasteiger partial charge on any atom is -0.461 e. The number of fused-ring (bicyclic) bond motifs is 1. The number of hydrogen-bond acceptors (Lipinski definition) is 5. The second kappa shape index (κ2) is 12.2. The first-order valence-electron chi connectivity index (χ1n) is 16.2. The monoisotopic (exact) mass is 564 g/mol. The van der Waals surface area contributed by atoms with E-state index < -0.39 is 12.2 Å². The van der Waals surface area contributed by atoms with Crippen molar-refractivity contribution in [3.63, 3.8) is 0 Å². The number of aryl methyl sites for hydroxylation is 1. The minimum atomic E-state index is -0.645. The lowest BCUT2D eigenvalue weighted by molar-refractivity contribution is -0.149. The van der Waals surface area contributed by atoms with Gasteiger partial charge in [-0.15, -0.1) is 0 Å². The highest BCUT2D eigenvalue weighted by Crippen LogP contribution is 2.60. The summed E-state index contributed by atoms with van der Waals surface area (Å²) in [5.74, 6) is 2.58. The summed E-state index contributed by atoms with van der Waals surface area (Å²) >= 11 is 0. The standard InChI is InChI=1S/C35H52N2O4/c1-6-8-27-21-36-33(37-27)35(17-18-35)32(41-24(4)38)15-10-22(2)29-13-14-30-25(9-7-16-34(29,30)5)11-12-26-19-28(39)20-31(40)23(26)3/h11-12,21-22,28-32,39-40H,3,6-10,13-20H2,1-2,4-5H3,(H,36,37)/b25-11+,26-12-/t22-,28-,29-,30+,31+,32+,34-/m1/s1. The number of ether oxygens (including phenoxy) is 1. The molecule has 1 heterocycles. The lowest BCUT2D eigenvalue weighted by atomic mass is 9.60. The molecule has 41 heavy (non-hydrogen) atoms. The van der Waals surface area contributed by atoms with Crippen molar-refractivity contribution in [3.8, 4) is 0 Å². The van der Waals surface area contributed by atoms with E-state index in [0.29, 0.717) is 30.6 Å². The molecule has 7 atom stereocenters. The molecule has 226 valence electrons. The zero-order chi connectivity index (χ0) is 29.4. The van der Waals surface area contributed by atoms with E-state index in [2.05, 4.69) is 44.5 Å². The van der Waals surface area contributed by atoms with Crippen LogP contribution in [0, 0.1) is 23.2 Å². The molecule has 3 N–H and O–H groups in total. The molecule has 0 amide bonds. The number of hydrogen-bond donors (Lipinski definition) is 3. The quantitative estimate of drug-likeness (QED) is 0.269. The van der Waals surface area contributed by atoms with Gasteiger partial charge in [0.15, 0.2) is 0 Å². The maximum Gasteiger partial charge on any atom is 0.302 e. The van der Waals surface area contributed by atoms with Crippen LogP contribution in [-0.4, -0.2) is 44.5 Å². The van der Waals surface area contributed by atoms with Crippen molar-refractivity contribution in [2.75, 3.05) is 0 Å². The number of aromatic nitrogens is 2. The third-order valence-corrected chi connectivity index (χ3v) is 11.2. The third kappa shape index (κ3) is 6.15. The number of rotatable bonds is 10. The zero-order valence-corrected chi connectivity index (χ0v) is 25.8. The van der Waals surface area contributed by atoms with Gasteiger partial charge in [-0.3, -0.25) is 4.79 Å². The molecule has 6 heteroatoms. The van der Waals surface area contributed by atoms with Crippen LogP contribution in [0.2, 0.25) is 0 Å². The minimum absolute atomic E-state index is 0.129. The van der Waals surface area contributed by atoms with Gasteiger partial charge in [0.05, 0.1) is 23.3 Å². The molecular weight excluding hydrogens is 512 g/mol. The van der Waals surface area contributed by atoms with Crippen molar-refractivity contribution in [1.29, 1.82) is 0 Å². The summed E-state index contributed by atoms with van der Waals surface area (Å²) in [6.45, 7) is 12.7. The van der Waals surface area contributed by atoms with Crippen LogP contribution in [0.3, 0.4) is 0 Å². The van der Waals surface area contributed by atoms with Gasteiger partial charge in [0.25, 0.3) is 0 Å². The van der Waals surface area contributed by atoms with Crippen LogP contribution in [0.25, 0.3) is 0 Å². The van der Waals surface area contributed by atoms with Gasteiger partial charge in [-0.2, -0.15) is 0 Å². The Hall–Kier alpha value is -2.18. The van der Waals surface area contributed by atoms with E-state index in [1.54, 1.807) is 0 Å². The summed E-state index contributed by atoms with van der Waals surface area (Å²) in [6.07, 6.45) is 18.2. The van der Waals surface area contributed by atoms with Crippen molar-refractivity contribution in [1.82, 2.24) is 9.97 Å². The number of allylic oxidation sites excluding steroid dienone is 3. The molecular formula is C35H52N2O4. The third-order valence-electron chi connectivity index (χ3n) is 11.2. The molecule has 1 aromatic heterocycles. The summed E-state index contributed by atoms with van der Waals surface area (Å²) < 4.78 is 6.02. The number of nitrogens with zero attached hydrogens (tertiary/aromatic N) is 1. The van der Waals surface area contributed by atoms with Crippen molar-refractivity contribution >= 4 is 5.97 Å². The molecule has 0 spiro atoms. The molecule has 4 saturated carbocycles. The van der Waals surface area contributed by atoms with Gasteiger partial charge in [-0.1, -0.05) is 51.5 Å². The number of nitrogens with one attached hydrogen (secondary N) is 1. The van der Waals surface area contributed by atoms with Crippen LogP contribution in [0.5, 0.6) is 0 Å². The Morgan fingerprint density at radius 1 is 1.24 bits per heavy atom. The summed E-state index contributed by atoms with van der Waals surface area (Å²) in [4.78, 5) is 20.5. The summed E-state index contributed by atoms with van der Waals surface area (Å²) in [6, 6.07) is 0. The van der Waals surface area contributed by atoms with Crippen LogP contribution >= 0.6 is 0 Å². The summed E-state index contributed by atoms with van der Waals surface area (Å²) in [5.41, 5.74) is 4.50. The van der Waals surface area contributed by atoms with Crippen LogP contribution in [-0.2, 0) is 21.4 Å². The highest BCUT2D eigenvalue weighted by Gasteiger charge is 2.55. The van der Waals surface area contributed by atoms with Gasteiger partial charge < -0.3 is 19.9 Å². The predicted molar refractivity (Wildman–Crippen MR) is 162 cm³/mol. The van der Waals surface area contributed by atoms with Crippen LogP contribution in [0.15, 0.2) is 41.6 Å². The second-order valence-electron chi connectivity index (χ2n) is 14.0. The van der Waals surface area contributed by atoms with Crippen LogP contribution in [0.4, 0.5) is 0 Å². The van der Waals surface area contributed by atoms with E-state index in [-0.39, 0.29) is 22.9 Å². The molecule has 1 aromatic rings. The Morgan fingerprint density at radius 3 is 2.73 bits per heavy atom. The number of aromatic amines is 1. The lowest BCUT2D eigenvalue weighted by Gasteiger charge is -2.44. The number of aliphatic hydroxyl groups is 2. The number of H-pyrrole nitrogens is 1. The van der Waals surface area contributed by atoms with Crippen LogP contribution in [0.1, 0.15) is 116 Å². The molecule has 0 saturated heterocycles. The van der Waals surface area contributed by atoms with Gasteiger partial charge in [0, 0.05) is 19.5 Å². The smallest absolute Gasteiger partial charge is 0.302 e. The van der Waals surface area contributed by atoms with Gasteiger partial charge in [-0.05, 0) is 105 Å². The fourth-order valence-electron chi connectivity index (χ4n) is 8.79. The fourth-order valence-corrected chi connectivity index (χ4v) is 8.79. The lowest BCUT2D eigenvalue weighted by Crippen LogP contribution is -2.37. The molecule has 0 bridgehead atoms. The van der Waals surface area contributed by atoms with Crippen molar-refractivity contribution in [2.45, 2.75) is 135 Å². The number of aliphatic hydroxyl groups excluding tert-OH is 2. The van der Waals surface area contributed by atoms with Gasteiger partial charge in [-0.25, -0.2) is 4.98 Å². The van der Waals surface area contributed by atoms with Gasteiger partial charge in [0.1, 0.15) is 11.9 Å². The number of carbonyl (C=O) groups is 1. The van der Waals surface area contributed by atoms with Crippen molar-refractivity contribution in [3.05, 3.63) is 53.2 Å². The Labute approximate surface area is 246 Å².